The van der Waals surface area contributed by atoms with Gasteiger partial charge in [0.15, 0.2) is 0 Å². The lowest BCUT2D eigenvalue weighted by Gasteiger charge is -1.95. The molecule has 19 heavy (non-hydrogen) atoms. The fraction of sp³-hybridized carbons (Fsp3) is 0. The first kappa shape index (κ1) is 15.1. The number of hydrogen-bond acceptors (Lipinski definition) is 6. The van der Waals surface area contributed by atoms with Gasteiger partial charge in [0.05, 0.1) is 5.39 Å². The Morgan fingerprint density at radius 3 is 2.53 bits per heavy atom. The number of hydrogen-bond donors (Lipinski definition) is 0. The molecule has 3 aromatic heterocycles. The largest absolute Gasteiger partial charge is 0.244 e. The number of fused-ring (bicyclic) bond motifs is 1. The summed E-state index contributed by atoms with van der Waals surface area (Å²) >= 11 is 9.20. The number of thiophene rings is 1. The quantitative estimate of drug-likeness (QED) is 0.466. The highest BCUT2D eigenvalue weighted by Gasteiger charge is 2.12. The van der Waals surface area contributed by atoms with E-state index in [0.29, 0.717) is 5.15 Å². The zero-order valence-corrected chi connectivity index (χ0v) is 13.6. The van der Waals surface area contributed by atoms with Gasteiger partial charge in [-0.1, -0.05) is 11.6 Å². The summed E-state index contributed by atoms with van der Waals surface area (Å²) in [6.07, 6.45) is 3.26. The highest BCUT2D eigenvalue weighted by molar-refractivity contribution is 8.26. The van der Waals surface area contributed by atoms with Gasteiger partial charge >= 0.3 is 0 Å². The first-order valence-corrected chi connectivity index (χ1v) is 9.55. The van der Waals surface area contributed by atoms with Gasteiger partial charge in [-0.15, -0.1) is 22.7 Å². The van der Waals surface area contributed by atoms with Crippen LogP contribution in [0, 0.1) is 0 Å². The Hall–Kier alpha value is -0.310. The molecule has 0 unspecified atom stereocenters. The van der Waals surface area contributed by atoms with E-state index in [9.17, 15) is 0 Å². The molecule has 0 saturated carbocycles. The van der Waals surface area contributed by atoms with Gasteiger partial charge < -0.3 is 0 Å². The molecule has 0 aliphatic heterocycles. The van der Waals surface area contributed by atoms with Crippen molar-refractivity contribution in [2.24, 2.45) is 0 Å². The van der Waals surface area contributed by atoms with Gasteiger partial charge in [0, 0.05) is 43.9 Å². The maximum Gasteiger partial charge on any atom is 0.211 e. The van der Waals surface area contributed by atoms with Gasteiger partial charge in [0.25, 0.3) is 0 Å². The second kappa shape index (κ2) is 6.92. The zero-order valence-electron chi connectivity index (χ0n) is 8.92. The van der Waals surface area contributed by atoms with Gasteiger partial charge in [-0.3, -0.25) is 0 Å². The molecule has 0 radical (unpaired) electrons. The lowest BCUT2D eigenvalue weighted by atomic mass is 10.2. The van der Waals surface area contributed by atoms with Crippen LogP contribution in [-0.4, -0.2) is 19.2 Å². The van der Waals surface area contributed by atoms with Crippen molar-refractivity contribution in [3.63, 3.8) is 0 Å². The molecular weight excluding hydrogens is 369 g/mol. The predicted molar refractivity (Wildman–Crippen MR) is 83.4 cm³/mol. The molecule has 10 heteroatoms. The van der Waals surface area contributed by atoms with Crippen LogP contribution in [0.1, 0.15) is 0 Å². The standard InChI is InChI=1S/C9H4ClN3S2.Cl2OS/c10-7-6-5(8-11-1-2-14-8)3-15-9(6)13-4-12-7;1-4(2)3/h1-4H;. The van der Waals surface area contributed by atoms with Crippen molar-refractivity contribution in [3.05, 3.63) is 28.4 Å². The van der Waals surface area contributed by atoms with E-state index in [2.05, 4.69) is 36.3 Å². The third-order valence-electron chi connectivity index (χ3n) is 1.99. The molecule has 4 nitrogen and oxygen atoms in total. The zero-order chi connectivity index (χ0) is 13.8. The summed E-state index contributed by atoms with van der Waals surface area (Å²) in [6, 6.07) is 0. The van der Waals surface area contributed by atoms with Crippen molar-refractivity contribution in [2.45, 2.75) is 0 Å². The smallest absolute Gasteiger partial charge is 0.211 e. The molecule has 0 N–H and O–H groups in total. The van der Waals surface area contributed by atoms with E-state index in [1.165, 1.54) is 6.33 Å². The molecule has 0 aliphatic rings. The third-order valence-corrected chi connectivity index (χ3v) is 3.97. The molecular formula is C9H4Cl3N3OS3. The number of aromatic nitrogens is 3. The molecule has 3 aromatic rings. The van der Waals surface area contributed by atoms with Gasteiger partial charge in [0.2, 0.25) is 9.23 Å². The van der Waals surface area contributed by atoms with Crippen LogP contribution < -0.4 is 0 Å². The highest BCUT2D eigenvalue weighted by atomic mass is 36.0. The Morgan fingerprint density at radius 2 is 1.89 bits per heavy atom. The average Bonchev–Trinajstić information content (AvgIpc) is 2.96. The molecule has 0 atom stereocenters. The van der Waals surface area contributed by atoms with Gasteiger partial charge in [-0.05, 0) is 0 Å². The highest BCUT2D eigenvalue weighted by Crippen LogP contribution is 2.36. The number of nitrogens with zero attached hydrogens (tertiary/aromatic N) is 3. The van der Waals surface area contributed by atoms with Crippen LogP contribution in [0.2, 0.25) is 5.15 Å². The van der Waals surface area contributed by atoms with Gasteiger partial charge in [-0.25, -0.2) is 19.2 Å². The number of halogens is 3. The molecule has 0 bridgehead atoms. The van der Waals surface area contributed by atoms with Gasteiger partial charge in [-0.2, -0.15) is 0 Å². The normalized spacial score (nSPS) is 10.5. The summed E-state index contributed by atoms with van der Waals surface area (Å²) < 4.78 is 9.09. The maximum absolute atomic E-state index is 9.09. The molecule has 0 saturated heterocycles. The van der Waals surface area contributed by atoms with E-state index in [1.807, 2.05) is 10.8 Å². The maximum atomic E-state index is 9.09. The summed E-state index contributed by atoms with van der Waals surface area (Å²) in [7, 11) is 7.36. The molecule has 100 valence electrons. The minimum atomic E-state index is -1.67. The van der Waals surface area contributed by atoms with Crippen molar-refractivity contribution in [2.75, 3.05) is 0 Å². The lowest BCUT2D eigenvalue weighted by Crippen LogP contribution is -1.80. The van der Waals surface area contributed by atoms with E-state index in [4.69, 9.17) is 15.8 Å². The minimum absolute atomic E-state index is 0.492. The van der Waals surface area contributed by atoms with E-state index in [1.54, 1.807) is 28.9 Å². The Bertz CT molecular complexity index is 697. The minimum Gasteiger partial charge on any atom is -0.244 e. The molecule has 0 fully saturated rings. The molecule has 0 amide bonds. The second-order valence-electron chi connectivity index (χ2n) is 3.02. The van der Waals surface area contributed by atoms with Crippen molar-refractivity contribution in [1.29, 1.82) is 0 Å². The van der Waals surface area contributed by atoms with Crippen LogP contribution in [-0.2, 0) is 9.23 Å². The average molecular weight is 373 g/mol. The molecule has 3 rings (SSSR count). The van der Waals surface area contributed by atoms with Crippen LogP contribution in [0.4, 0.5) is 0 Å². The fourth-order valence-corrected chi connectivity index (χ4v) is 3.27. The fourth-order valence-electron chi connectivity index (χ4n) is 1.35. The molecule has 3 heterocycles. The number of thiazole rings is 1. The Morgan fingerprint density at radius 1 is 1.16 bits per heavy atom. The van der Waals surface area contributed by atoms with Crippen molar-refractivity contribution in [3.8, 4) is 10.6 Å². The van der Waals surface area contributed by atoms with Crippen molar-refractivity contribution < 1.29 is 4.21 Å². The topological polar surface area (TPSA) is 55.7 Å². The van der Waals surface area contributed by atoms with Crippen molar-refractivity contribution >= 4 is 75.1 Å². The predicted octanol–water partition coefficient (Wildman–Crippen LogP) is 4.51. The van der Waals surface area contributed by atoms with Crippen LogP contribution in [0.25, 0.3) is 20.8 Å². The molecule has 0 aromatic carbocycles. The lowest BCUT2D eigenvalue weighted by molar-refractivity contribution is 0.698. The Labute approximate surface area is 132 Å². The van der Waals surface area contributed by atoms with Crippen LogP contribution >= 0.6 is 55.6 Å². The molecule has 0 spiro atoms. The SMILES string of the molecule is Clc1ncnc2scc(-c3nccs3)c12.O=S(Cl)Cl. The van der Waals surface area contributed by atoms with E-state index < -0.39 is 9.23 Å². The third kappa shape index (κ3) is 3.84. The first-order chi connectivity index (χ1) is 9.09. The summed E-state index contributed by atoms with van der Waals surface area (Å²) in [4.78, 5) is 13.3. The summed E-state index contributed by atoms with van der Waals surface area (Å²) in [5.41, 5.74) is 1.02. The van der Waals surface area contributed by atoms with Crippen molar-refractivity contribution in [1.82, 2.24) is 15.0 Å². The van der Waals surface area contributed by atoms with E-state index in [-0.39, 0.29) is 0 Å². The summed E-state index contributed by atoms with van der Waals surface area (Å²) in [5.74, 6) is 0. The van der Waals surface area contributed by atoms with Gasteiger partial charge in [0.1, 0.15) is 21.3 Å². The molecule has 0 aliphatic carbocycles. The van der Waals surface area contributed by atoms with Crippen LogP contribution in [0.3, 0.4) is 0 Å². The van der Waals surface area contributed by atoms with E-state index >= 15 is 0 Å². The summed E-state index contributed by atoms with van der Waals surface area (Å²) in [5, 5.41) is 6.31. The Balaban J connectivity index is 0.000000297. The first-order valence-electron chi connectivity index (χ1n) is 4.61. The monoisotopic (exact) mass is 371 g/mol. The van der Waals surface area contributed by atoms with Crippen LogP contribution in [0.15, 0.2) is 23.3 Å². The second-order valence-corrected chi connectivity index (χ2v) is 7.65. The van der Waals surface area contributed by atoms with E-state index in [0.717, 1.165) is 20.8 Å². The number of rotatable bonds is 1. The Kier molecular flexibility index (Phi) is 5.49. The van der Waals surface area contributed by atoms with Crippen LogP contribution in [0.5, 0.6) is 0 Å². The summed E-state index contributed by atoms with van der Waals surface area (Å²) in [6.45, 7) is 0.